The number of carbonyl (C=O) groups excluding carboxylic acids is 1. The van der Waals surface area contributed by atoms with Gasteiger partial charge in [0.25, 0.3) is 0 Å². The smallest absolute Gasteiger partial charge is 0.374 e. The normalized spacial score (nSPS) is 10.5. The van der Waals surface area contributed by atoms with Gasteiger partial charge in [0.1, 0.15) is 6.33 Å². The molecule has 176 valence electrons. The number of hydrogen-bond acceptors (Lipinski definition) is 8. The Balaban J connectivity index is 1.60. The summed E-state index contributed by atoms with van der Waals surface area (Å²) in [6, 6.07) is 25.1. The number of nitrogens with zero attached hydrogens (tertiary/aromatic N) is 3. The van der Waals surface area contributed by atoms with Crippen LogP contribution in [0, 0.1) is 10.1 Å². The molecule has 1 heterocycles. The molecule has 0 aliphatic carbocycles. The molecule has 2 N–H and O–H groups in total. The van der Waals surface area contributed by atoms with Gasteiger partial charge in [0.15, 0.2) is 11.5 Å². The highest BCUT2D eigenvalue weighted by Gasteiger charge is 2.28. The Morgan fingerprint density at radius 3 is 2.03 bits per heavy atom. The molecule has 4 aromatic rings. The minimum absolute atomic E-state index is 0.233. The van der Waals surface area contributed by atoms with E-state index in [4.69, 9.17) is 9.47 Å². The van der Waals surface area contributed by atoms with Gasteiger partial charge >= 0.3 is 11.6 Å². The molecule has 0 saturated carbocycles. The van der Waals surface area contributed by atoms with Crippen LogP contribution in [-0.2, 0) is 4.79 Å². The van der Waals surface area contributed by atoms with Crippen molar-refractivity contribution in [3.63, 3.8) is 0 Å². The van der Waals surface area contributed by atoms with Crippen LogP contribution >= 0.6 is 0 Å². The monoisotopic (exact) mass is 471 g/mol. The van der Waals surface area contributed by atoms with E-state index >= 15 is 0 Å². The SMILES string of the molecule is COc1ccccc1Oc1ncnc(NNC(=O)C(c2ccccc2)c2ccccc2)c1[N+](=O)[O-]. The third-order valence-corrected chi connectivity index (χ3v) is 5.08. The second-order valence-corrected chi connectivity index (χ2v) is 7.25. The number of anilines is 1. The summed E-state index contributed by atoms with van der Waals surface area (Å²) in [4.78, 5) is 32.2. The van der Waals surface area contributed by atoms with Crippen LogP contribution in [0.4, 0.5) is 11.5 Å². The number of nitrogens with one attached hydrogen (secondary N) is 2. The molecule has 1 aromatic heterocycles. The molecule has 4 rings (SSSR count). The molecule has 0 aliphatic heterocycles. The van der Waals surface area contributed by atoms with E-state index in [1.54, 1.807) is 24.3 Å². The highest BCUT2D eigenvalue weighted by molar-refractivity contribution is 5.88. The number of ether oxygens (including phenoxy) is 2. The van der Waals surface area contributed by atoms with Gasteiger partial charge in [-0.2, -0.15) is 4.98 Å². The second kappa shape index (κ2) is 10.8. The Morgan fingerprint density at radius 1 is 0.886 bits per heavy atom. The number of amides is 1. The van der Waals surface area contributed by atoms with Gasteiger partial charge in [-0.1, -0.05) is 72.8 Å². The number of para-hydroxylation sites is 2. The largest absolute Gasteiger partial charge is 0.493 e. The van der Waals surface area contributed by atoms with E-state index < -0.39 is 22.4 Å². The molecule has 10 nitrogen and oxygen atoms in total. The molecule has 0 fully saturated rings. The number of hydrogen-bond donors (Lipinski definition) is 2. The molecule has 1 amide bonds. The maximum Gasteiger partial charge on any atom is 0.374 e. The van der Waals surface area contributed by atoms with Crippen LogP contribution in [0.3, 0.4) is 0 Å². The zero-order valence-electron chi connectivity index (χ0n) is 18.6. The van der Waals surface area contributed by atoms with Gasteiger partial charge in [-0.25, -0.2) is 4.98 Å². The third-order valence-electron chi connectivity index (χ3n) is 5.08. The predicted octanol–water partition coefficient (Wildman–Crippen LogP) is 4.46. The highest BCUT2D eigenvalue weighted by atomic mass is 16.6. The molecule has 3 aromatic carbocycles. The Bertz CT molecular complexity index is 1280. The molecular formula is C25H21N5O5. The van der Waals surface area contributed by atoms with Gasteiger partial charge in [-0.3, -0.25) is 25.8 Å². The number of hydrazine groups is 1. The lowest BCUT2D eigenvalue weighted by Crippen LogP contribution is -2.35. The van der Waals surface area contributed by atoms with E-state index in [1.807, 2.05) is 60.7 Å². The summed E-state index contributed by atoms with van der Waals surface area (Å²) in [5.74, 6) is -1.02. The van der Waals surface area contributed by atoms with Crippen LogP contribution in [0.5, 0.6) is 17.4 Å². The van der Waals surface area contributed by atoms with Crippen molar-refractivity contribution in [3.05, 3.63) is 112 Å². The van der Waals surface area contributed by atoms with Crippen molar-refractivity contribution in [1.29, 1.82) is 0 Å². The molecular weight excluding hydrogens is 450 g/mol. The lowest BCUT2D eigenvalue weighted by atomic mass is 9.91. The summed E-state index contributed by atoms with van der Waals surface area (Å²) in [5, 5.41) is 11.9. The number of aromatic nitrogens is 2. The average Bonchev–Trinajstić information content (AvgIpc) is 2.89. The molecule has 0 radical (unpaired) electrons. The van der Waals surface area contributed by atoms with E-state index in [0.717, 1.165) is 17.5 Å². The van der Waals surface area contributed by atoms with Crippen LogP contribution in [0.2, 0.25) is 0 Å². The van der Waals surface area contributed by atoms with E-state index in [2.05, 4.69) is 20.8 Å². The van der Waals surface area contributed by atoms with Crippen LogP contribution < -0.4 is 20.3 Å². The van der Waals surface area contributed by atoms with Crippen LogP contribution in [-0.4, -0.2) is 27.9 Å². The summed E-state index contributed by atoms with van der Waals surface area (Å²) < 4.78 is 10.9. The molecule has 0 aliphatic rings. The number of benzene rings is 3. The van der Waals surface area contributed by atoms with Gasteiger partial charge in [0, 0.05) is 0 Å². The first-order chi connectivity index (χ1) is 17.1. The van der Waals surface area contributed by atoms with Gasteiger partial charge in [-0.15, -0.1) is 0 Å². The van der Waals surface area contributed by atoms with E-state index in [-0.39, 0.29) is 17.4 Å². The zero-order valence-corrected chi connectivity index (χ0v) is 18.6. The highest BCUT2D eigenvalue weighted by Crippen LogP contribution is 2.37. The fourth-order valence-electron chi connectivity index (χ4n) is 3.48. The molecule has 35 heavy (non-hydrogen) atoms. The molecule has 0 spiro atoms. The molecule has 0 bridgehead atoms. The molecule has 0 atom stereocenters. The van der Waals surface area contributed by atoms with E-state index in [1.165, 1.54) is 7.11 Å². The topological polar surface area (TPSA) is 129 Å². The first kappa shape index (κ1) is 23.2. The van der Waals surface area contributed by atoms with Crippen LogP contribution in [0.1, 0.15) is 17.0 Å². The maximum atomic E-state index is 13.2. The van der Waals surface area contributed by atoms with Crippen LogP contribution in [0.25, 0.3) is 0 Å². The zero-order chi connectivity index (χ0) is 24.6. The summed E-state index contributed by atoms with van der Waals surface area (Å²) in [6.07, 6.45) is 1.10. The minimum Gasteiger partial charge on any atom is -0.493 e. The number of rotatable bonds is 9. The van der Waals surface area contributed by atoms with Gasteiger partial charge in [0.2, 0.25) is 11.7 Å². The minimum atomic E-state index is -0.689. The number of methoxy groups -OCH3 is 1. The second-order valence-electron chi connectivity index (χ2n) is 7.25. The lowest BCUT2D eigenvalue weighted by Gasteiger charge is -2.18. The van der Waals surface area contributed by atoms with Gasteiger partial charge < -0.3 is 9.47 Å². The van der Waals surface area contributed by atoms with Crippen molar-refractivity contribution >= 4 is 17.4 Å². The van der Waals surface area contributed by atoms with Crippen molar-refractivity contribution in [2.24, 2.45) is 0 Å². The summed E-state index contributed by atoms with van der Waals surface area (Å²) in [5.41, 5.74) is 6.08. The number of carbonyl (C=O) groups is 1. The molecule has 0 unspecified atom stereocenters. The summed E-state index contributed by atoms with van der Waals surface area (Å²) in [7, 11) is 1.45. The van der Waals surface area contributed by atoms with Crippen molar-refractivity contribution < 1.29 is 19.2 Å². The van der Waals surface area contributed by atoms with Gasteiger partial charge in [-0.05, 0) is 23.3 Å². The lowest BCUT2D eigenvalue weighted by molar-refractivity contribution is -0.385. The van der Waals surface area contributed by atoms with Crippen molar-refractivity contribution in [2.45, 2.75) is 5.92 Å². The number of nitro groups is 1. The Labute approximate surface area is 200 Å². The first-order valence-corrected chi connectivity index (χ1v) is 10.5. The quantitative estimate of drug-likeness (QED) is 0.270. The van der Waals surface area contributed by atoms with Gasteiger partial charge in [0.05, 0.1) is 18.0 Å². The third kappa shape index (κ3) is 5.33. The summed E-state index contributed by atoms with van der Waals surface area (Å²) >= 11 is 0. The maximum absolute atomic E-state index is 13.2. The Kier molecular flexibility index (Phi) is 7.12. The van der Waals surface area contributed by atoms with E-state index in [0.29, 0.717) is 5.75 Å². The molecule has 10 heteroatoms. The Morgan fingerprint density at radius 2 is 1.46 bits per heavy atom. The Hall–Kier alpha value is -4.99. The van der Waals surface area contributed by atoms with Crippen molar-refractivity contribution in [1.82, 2.24) is 15.4 Å². The standard InChI is InChI=1S/C25H21N5O5/c1-34-19-14-8-9-15-20(19)35-25-22(30(32)33)23(26-16-27-25)28-29-24(31)21(17-10-4-2-5-11-17)18-12-6-3-7-13-18/h2-16,21H,1H3,(H,29,31)(H,26,27,28). The fourth-order valence-corrected chi connectivity index (χ4v) is 3.48. The van der Waals surface area contributed by atoms with E-state index in [9.17, 15) is 14.9 Å². The predicted molar refractivity (Wildman–Crippen MR) is 128 cm³/mol. The van der Waals surface area contributed by atoms with Crippen molar-refractivity contribution in [3.8, 4) is 17.4 Å². The average molecular weight is 471 g/mol. The summed E-state index contributed by atoms with van der Waals surface area (Å²) in [6.45, 7) is 0. The van der Waals surface area contributed by atoms with Crippen molar-refractivity contribution in [2.75, 3.05) is 12.5 Å². The first-order valence-electron chi connectivity index (χ1n) is 10.5. The fraction of sp³-hybridized carbons (Fsp3) is 0.0800. The van der Waals surface area contributed by atoms with Crippen LogP contribution in [0.15, 0.2) is 91.3 Å². The molecule has 0 saturated heterocycles.